The van der Waals surface area contributed by atoms with Crippen LogP contribution in [0.3, 0.4) is 0 Å². The van der Waals surface area contributed by atoms with Gasteiger partial charge < -0.3 is 19.9 Å². The zero-order valence-corrected chi connectivity index (χ0v) is 22.1. The monoisotopic (exact) mass is 555 g/mol. The number of nitrogens with zero attached hydrogens (tertiary/aromatic N) is 3. The molecule has 1 unspecified atom stereocenters. The van der Waals surface area contributed by atoms with E-state index < -0.39 is 0 Å². The van der Waals surface area contributed by atoms with E-state index in [0.717, 1.165) is 75.2 Å². The Morgan fingerprint density at radius 1 is 1.16 bits per heavy atom. The molecule has 8 heteroatoms. The number of aliphatic imine (C=N–C) groups is 1. The van der Waals surface area contributed by atoms with Crippen LogP contribution in [0.15, 0.2) is 33.8 Å². The maximum atomic E-state index is 5.58. The Balaban J connectivity index is 0.00000363. The zero-order chi connectivity index (χ0) is 22.1. The van der Waals surface area contributed by atoms with Crippen molar-refractivity contribution in [2.75, 3.05) is 39.4 Å². The van der Waals surface area contributed by atoms with Crippen molar-refractivity contribution in [3.8, 4) is 0 Å². The fraction of sp³-hybridized carbons (Fsp3) is 0.583. The first-order valence-corrected chi connectivity index (χ1v) is 11.5. The minimum atomic E-state index is 0. The minimum Gasteiger partial charge on any atom is -0.379 e. The lowest BCUT2D eigenvalue weighted by molar-refractivity contribution is 0.0170. The first-order chi connectivity index (χ1) is 15.2. The van der Waals surface area contributed by atoms with E-state index >= 15 is 0 Å². The highest BCUT2D eigenvalue weighted by atomic mass is 127. The summed E-state index contributed by atoms with van der Waals surface area (Å²) >= 11 is 0. The Kier molecular flexibility index (Phi) is 11.5. The summed E-state index contributed by atoms with van der Waals surface area (Å²) in [6, 6.07) is 9.05. The molecular weight excluding hydrogens is 517 g/mol. The molecule has 2 heterocycles. The second-order valence-electron chi connectivity index (χ2n) is 7.89. The predicted octanol–water partition coefficient (Wildman–Crippen LogP) is 3.85. The van der Waals surface area contributed by atoms with Crippen molar-refractivity contribution in [1.82, 2.24) is 20.7 Å². The molecule has 0 radical (unpaired) electrons. The molecule has 0 amide bonds. The number of benzene rings is 1. The molecule has 2 N–H and O–H groups in total. The molecule has 0 bridgehead atoms. The van der Waals surface area contributed by atoms with E-state index in [1.165, 1.54) is 11.1 Å². The number of ether oxygens (including phenoxy) is 1. The van der Waals surface area contributed by atoms with E-state index in [1.54, 1.807) is 0 Å². The van der Waals surface area contributed by atoms with Gasteiger partial charge in [0.2, 0.25) is 0 Å². The van der Waals surface area contributed by atoms with Gasteiger partial charge in [-0.15, -0.1) is 24.0 Å². The Labute approximate surface area is 209 Å². The van der Waals surface area contributed by atoms with Gasteiger partial charge in [-0.25, -0.2) is 4.99 Å². The number of morpholine rings is 1. The van der Waals surface area contributed by atoms with Crippen LogP contribution in [0.1, 0.15) is 55.0 Å². The third-order valence-electron chi connectivity index (χ3n) is 5.72. The molecule has 7 nitrogen and oxygen atoms in total. The van der Waals surface area contributed by atoms with E-state index in [1.807, 2.05) is 0 Å². The van der Waals surface area contributed by atoms with Crippen molar-refractivity contribution in [2.45, 2.75) is 53.1 Å². The normalized spacial score (nSPS) is 15.8. The van der Waals surface area contributed by atoms with Crippen molar-refractivity contribution in [2.24, 2.45) is 4.99 Å². The van der Waals surface area contributed by atoms with Gasteiger partial charge in [0.1, 0.15) is 5.76 Å². The Hall–Kier alpha value is -1.65. The zero-order valence-electron chi connectivity index (χ0n) is 19.8. The van der Waals surface area contributed by atoms with Crippen LogP contribution >= 0.6 is 24.0 Å². The van der Waals surface area contributed by atoms with Crippen LogP contribution in [0.2, 0.25) is 0 Å². The number of hydrogen-bond acceptors (Lipinski definition) is 5. The van der Waals surface area contributed by atoms with Gasteiger partial charge in [0, 0.05) is 38.2 Å². The molecule has 1 atom stereocenters. The van der Waals surface area contributed by atoms with Gasteiger partial charge in [0.15, 0.2) is 5.96 Å². The summed E-state index contributed by atoms with van der Waals surface area (Å²) in [5.74, 6) is 1.75. The lowest BCUT2D eigenvalue weighted by Gasteiger charge is -2.35. The molecule has 0 aliphatic carbocycles. The molecule has 1 aromatic carbocycles. The van der Waals surface area contributed by atoms with Gasteiger partial charge in [-0.3, -0.25) is 4.90 Å². The van der Waals surface area contributed by atoms with E-state index in [0.29, 0.717) is 6.54 Å². The topological polar surface area (TPSA) is 74.9 Å². The summed E-state index contributed by atoms with van der Waals surface area (Å²) in [6.45, 7) is 14.0. The molecule has 0 spiro atoms. The minimum absolute atomic E-state index is 0. The van der Waals surface area contributed by atoms with Gasteiger partial charge in [0.05, 0.1) is 31.5 Å². The fourth-order valence-corrected chi connectivity index (χ4v) is 4.03. The lowest BCUT2D eigenvalue weighted by atomic mass is 10.0. The van der Waals surface area contributed by atoms with Crippen LogP contribution in [-0.2, 0) is 24.1 Å². The third kappa shape index (κ3) is 7.18. The van der Waals surface area contributed by atoms with Crippen LogP contribution in [0.25, 0.3) is 0 Å². The molecule has 3 rings (SSSR count). The number of aromatic nitrogens is 1. The maximum Gasteiger partial charge on any atom is 0.191 e. The van der Waals surface area contributed by atoms with Crippen molar-refractivity contribution in [3.63, 3.8) is 0 Å². The summed E-state index contributed by atoms with van der Waals surface area (Å²) in [7, 11) is 0. The first kappa shape index (κ1) is 26.6. The van der Waals surface area contributed by atoms with Crippen molar-refractivity contribution < 1.29 is 9.26 Å². The highest BCUT2D eigenvalue weighted by Crippen LogP contribution is 2.22. The van der Waals surface area contributed by atoms with E-state index in [-0.39, 0.29) is 30.0 Å². The average molecular weight is 556 g/mol. The number of nitrogens with one attached hydrogen (secondary N) is 2. The number of halogens is 1. The van der Waals surface area contributed by atoms with Crippen molar-refractivity contribution in [1.29, 1.82) is 0 Å². The molecule has 1 fully saturated rings. The Bertz CT molecular complexity index is 827. The van der Waals surface area contributed by atoms with E-state index in [4.69, 9.17) is 14.3 Å². The maximum absolute atomic E-state index is 5.58. The predicted molar refractivity (Wildman–Crippen MR) is 140 cm³/mol. The van der Waals surface area contributed by atoms with Crippen LogP contribution in [-0.4, -0.2) is 55.4 Å². The smallest absolute Gasteiger partial charge is 0.191 e. The van der Waals surface area contributed by atoms with Gasteiger partial charge >= 0.3 is 0 Å². The highest BCUT2D eigenvalue weighted by Gasteiger charge is 2.23. The van der Waals surface area contributed by atoms with Crippen LogP contribution in [0.4, 0.5) is 0 Å². The molecule has 1 saturated heterocycles. The summed E-state index contributed by atoms with van der Waals surface area (Å²) < 4.78 is 11.1. The number of rotatable bonds is 9. The number of hydrogen-bond donors (Lipinski definition) is 2. The molecule has 1 aliphatic heterocycles. The summed E-state index contributed by atoms with van der Waals surface area (Å²) in [6.07, 6.45) is 1.68. The lowest BCUT2D eigenvalue weighted by Crippen LogP contribution is -2.46. The van der Waals surface area contributed by atoms with Gasteiger partial charge in [-0.2, -0.15) is 0 Å². The molecule has 32 heavy (non-hydrogen) atoms. The van der Waals surface area contributed by atoms with Crippen LogP contribution < -0.4 is 10.6 Å². The largest absolute Gasteiger partial charge is 0.379 e. The van der Waals surface area contributed by atoms with Gasteiger partial charge in [0.25, 0.3) is 0 Å². The Morgan fingerprint density at radius 3 is 2.59 bits per heavy atom. The van der Waals surface area contributed by atoms with Crippen LogP contribution in [0, 0.1) is 6.92 Å². The summed E-state index contributed by atoms with van der Waals surface area (Å²) in [5, 5.41) is 11.2. The first-order valence-electron chi connectivity index (χ1n) is 11.5. The number of aryl methyl sites for hydroxylation is 3. The van der Waals surface area contributed by atoms with Gasteiger partial charge in [-0.1, -0.05) is 48.8 Å². The quantitative estimate of drug-likeness (QED) is 0.278. The van der Waals surface area contributed by atoms with Gasteiger partial charge in [-0.05, 0) is 25.8 Å². The summed E-state index contributed by atoms with van der Waals surface area (Å²) in [4.78, 5) is 7.35. The molecule has 1 aromatic heterocycles. The second kappa shape index (κ2) is 13.8. The summed E-state index contributed by atoms with van der Waals surface area (Å²) in [5.41, 5.74) is 4.72. The van der Waals surface area contributed by atoms with E-state index in [2.05, 4.69) is 72.7 Å². The average Bonchev–Trinajstić information content (AvgIpc) is 3.20. The van der Waals surface area contributed by atoms with Crippen molar-refractivity contribution in [3.05, 3.63) is 52.4 Å². The third-order valence-corrected chi connectivity index (χ3v) is 5.72. The fourth-order valence-electron chi connectivity index (χ4n) is 4.03. The molecular formula is C24H38IN5O2. The molecule has 1 aliphatic rings. The SMILES string of the molecule is CCNC(=NCc1c(CC)noc1CC)NCC(c1cccc(C)c1)N1CCOCC1.I. The molecule has 2 aromatic rings. The van der Waals surface area contributed by atoms with Crippen LogP contribution in [0.5, 0.6) is 0 Å². The molecule has 0 saturated carbocycles. The van der Waals surface area contributed by atoms with Crippen molar-refractivity contribution >= 4 is 29.9 Å². The van der Waals surface area contributed by atoms with E-state index in [9.17, 15) is 0 Å². The number of guanidine groups is 1. The molecule has 178 valence electrons. The Morgan fingerprint density at radius 2 is 1.94 bits per heavy atom. The second-order valence-corrected chi connectivity index (χ2v) is 7.89. The highest BCUT2D eigenvalue weighted by molar-refractivity contribution is 14.0. The standard InChI is InChI=1S/C24H37N5O2.HI/c1-5-21-20(23(6-2)31-28-21)16-26-24(25-7-3)27-17-22(29-11-13-30-14-12-29)19-10-8-9-18(4)15-19;/h8-10,15,22H,5-7,11-14,16-17H2,1-4H3,(H2,25,26,27);1H.